The lowest BCUT2D eigenvalue weighted by Crippen LogP contribution is -2.23. The van der Waals surface area contributed by atoms with Crippen molar-refractivity contribution in [3.05, 3.63) is 81.6 Å². The lowest BCUT2D eigenvalue weighted by Gasteiger charge is -2.18. The van der Waals surface area contributed by atoms with Gasteiger partial charge in [0.1, 0.15) is 17.5 Å². The number of nitrogens with zero attached hydrogens (tertiary/aromatic N) is 2. The van der Waals surface area contributed by atoms with Crippen molar-refractivity contribution >= 4 is 51.5 Å². The molecule has 2 aromatic carbocycles. The molecule has 1 amide bonds. The first-order valence-corrected chi connectivity index (χ1v) is 9.41. The second-order valence-corrected chi connectivity index (χ2v) is 7.08. The Morgan fingerprint density at radius 2 is 1.86 bits per heavy atom. The summed E-state index contributed by atoms with van der Waals surface area (Å²) in [6, 6.07) is 6.46. The highest BCUT2D eigenvalue weighted by atomic mass is 35.5. The van der Waals surface area contributed by atoms with Crippen LogP contribution in [-0.2, 0) is 4.79 Å². The Labute approximate surface area is 172 Å². The third-order valence-corrected chi connectivity index (χ3v) is 4.91. The molecule has 0 aliphatic heterocycles. The summed E-state index contributed by atoms with van der Waals surface area (Å²) >= 11 is 6.72. The molecule has 4 nitrogen and oxygen atoms in total. The molecule has 0 spiro atoms. The lowest BCUT2D eigenvalue weighted by molar-refractivity contribution is -0.115. The number of ketones is 1. The molecule has 0 unspecified atom stereocenters. The van der Waals surface area contributed by atoms with Crippen LogP contribution in [-0.4, -0.2) is 16.7 Å². The van der Waals surface area contributed by atoms with Gasteiger partial charge < -0.3 is 0 Å². The van der Waals surface area contributed by atoms with Crippen LogP contribution in [0.3, 0.4) is 0 Å². The van der Waals surface area contributed by atoms with Crippen LogP contribution < -0.4 is 4.90 Å². The lowest BCUT2D eigenvalue weighted by atomic mass is 10.1. The maximum atomic E-state index is 14.1. The fraction of sp³-hybridized carbons (Fsp3) is 0.0500. The van der Waals surface area contributed by atoms with Gasteiger partial charge in [-0.05, 0) is 42.5 Å². The molecule has 0 aliphatic carbocycles. The van der Waals surface area contributed by atoms with Crippen molar-refractivity contribution in [3.8, 4) is 0 Å². The van der Waals surface area contributed by atoms with E-state index < -0.39 is 29.1 Å². The van der Waals surface area contributed by atoms with Gasteiger partial charge in [0, 0.05) is 23.9 Å². The molecular weight excluding hydrogens is 425 g/mol. The largest absolute Gasteiger partial charge is 0.289 e. The first kappa shape index (κ1) is 20.8. The first-order valence-electron chi connectivity index (χ1n) is 8.15. The van der Waals surface area contributed by atoms with Gasteiger partial charge in [-0.25, -0.2) is 18.2 Å². The minimum absolute atomic E-state index is 0.138. The summed E-state index contributed by atoms with van der Waals surface area (Å²) in [5, 5.41) is 1.55. The number of anilines is 2. The molecule has 0 bridgehead atoms. The zero-order valence-electron chi connectivity index (χ0n) is 14.8. The second kappa shape index (κ2) is 8.59. The fourth-order valence-corrected chi connectivity index (χ4v) is 3.46. The highest BCUT2D eigenvalue weighted by Crippen LogP contribution is 2.31. The number of allylic oxidation sites excluding steroid dienone is 1. The number of carbonyl (C=O) groups excluding carboxylic acids is 2. The zero-order chi connectivity index (χ0) is 21.1. The molecule has 0 fully saturated rings. The Morgan fingerprint density at radius 3 is 2.52 bits per heavy atom. The van der Waals surface area contributed by atoms with E-state index >= 15 is 0 Å². The summed E-state index contributed by atoms with van der Waals surface area (Å²) in [6.07, 6.45) is 2.62. The Kier molecular flexibility index (Phi) is 6.14. The SMILES string of the molecule is CC(=O)N(c1nc(/C=C/C(=O)c2ccc(F)c(Cl)c2)cs1)c1ccc(F)cc1F. The predicted octanol–water partition coefficient (Wildman–Crippen LogP) is 5.79. The Hall–Kier alpha value is -2.97. The Bertz CT molecular complexity index is 1130. The average molecular weight is 437 g/mol. The predicted molar refractivity (Wildman–Crippen MR) is 106 cm³/mol. The van der Waals surface area contributed by atoms with Crippen LogP contribution in [0, 0.1) is 17.5 Å². The van der Waals surface area contributed by atoms with E-state index in [0.717, 1.165) is 34.4 Å². The fourth-order valence-electron chi connectivity index (χ4n) is 2.43. The molecule has 0 atom stereocenters. The van der Waals surface area contributed by atoms with E-state index in [9.17, 15) is 22.8 Å². The van der Waals surface area contributed by atoms with E-state index in [1.165, 1.54) is 31.2 Å². The van der Waals surface area contributed by atoms with Gasteiger partial charge in [-0.15, -0.1) is 11.3 Å². The van der Waals surface area contributed by atoms with Crippen molar-refractivity contribution in [1.29, 1.82) is 0 Å². The van der Waals surface area contributed by atoms with Gasteiger partial charge in [-0.3, -0.25) is 14.5 Å². The number of hydrogen-bond donors (Lipinski definition) is 0. The minimum atomic E-state index is -0.907. The van der Waals surface area contributed by atoms with Gasteiger partial charge in [-0.1, -0.05) is 11.6 Å². The first-order chi connectivity index (χ1) is 13.8. The van der Waals surface area contributed by atoms with E-state index in [-0.39, 0.29) is 21.4 Å². The minimum Gasteiger partial charge on any atom is -0.289 e. The molecule has 9 heteroatoms. The molecule has 29 heavy (non-hydrogen) atoms. The van der Waals surface area contributed by atoms with Gasteiger partial charge in [0.25, 0.3) is 0 Å². The molecule has 0 aliphatic rings. The van der Waals surface area contributed by atoms with E-state index in [4.69, 9.17) is 11.6 Å². The van der Waals surface area contributed by atoms with Crippen molar-refractivity contribution in [1.82, 2.24) is 4.98 Å². The van der Waals surface area contributed by atoms with Crippen LogP contribution in [0.5, 0.6) is 0 Å². The number of hydrogen-bond acceptors (Lipinski definition) is 4. The molecule has 148 valence electrons. The number of rotatable bonds is 5. The van der Waals surface area contributed by atoms with E-state index in [2.05, 4.69) is 4.98 Å². The normalized spacial score (nSPS) is 11.1. The quantitative estimate of drug-likeness (QED) is 0.375. The van der Waals surface area contributed by atoms with Crippen LogP contribution in [0.1, 0.15) is 23.0 Å². The highest BCUT2D eigenvalue weighted by Gasteiger charge is 2.21. The standard InChI is InChI=1S/C20H12ClF3N2O2S/c1-11(27)26(18-6-3-13(22)9-17(18)24)20-25-14(10-29-20)4-7-19(28)12-2-5-16(23)15(21)8-12/h2-10H,1H3/b7-4+. The third kappa shape index (κ3) is 4.72. The van der Waals surface area contributed by atoms with Gasteiger partial charge in [0.15, 0.2) is 10.9 Å². The van der Waals surface area contributed by atoms with Crippen molar-refractivity contribution in [2.24, 2.45) is 0 Å². The average Bonchev–Trinajstić information content (AvgIpc) is 3.12. The third-order valence-electron chi connectivity index (χ3n) is 3.78. The van der Waals surface area contributed by atoms with E-state index in [1.807, 2.05) is 0 Å². The summed E-state index contributed by atoms with van der Waals surface area (Å²) in [7, 11) is 0. The van der Waals surface area contributed by atoms with Crippen LogP contribution >= 0.6 is 22.9 Å². The number of benzene rings is 2. The number of halogens is 4. The summed E-state index contributed by atoms with van der Waals surface area (Å²) < 4.78 is 40.5. The van der Waals surface area contributed by atoms with Crippen molar-refractivity contribution in [3.63, 3.8) is 0 Å². The molecular formula is C20H12ClF3N2O2S. The Balaban J connectivity index is 1.84. The van der Waals surface area contributed by atoms with Gasteiger partial charge >= 0.3 is 0 Å². The molecule has 0 N–H and O–H groups in total. The smallest absolute Gasteiger partial charge is 0.230 e. The van der Waals surface area contributed by atoms with Crippen molar-refractivity contribution in [2.45, 2.75) is 6.92 Å². The van der Waals surface area contributed by atoms with Crippen LogP contribution in [0.2, 0.25) is 5.02 Å². The van der Waals surface area contributed by atoms with E-state index in [1.54, 1.807) is 5.38 Å². The van der Waals surface area contributed by atoms with E-state index in [0.29, 0.717) is 11.8 Å². The summed E-state index contributed by atoms with van der Waals surface area (Å²) in [6.45, 7) is 1.22. The van der Waals surface area contributed by atoms with Crippen molar-refractivity contribution < 1.29 is 22.8 Å². The summed E-state index contributed by atoms with van der Waals surface area (Å²) in [5.74, 6) is -3.24. The summed E-state index contributed by atoms with van der Waals surface area (Å²) in [4.78, 5) is 29.4. The van der Waals surface area contributed by atoms with Crippen LogP contribution in [0.15, 0.2) is 47.9 Å². The number of thiazole rings is 1. The highest BCUT2D eigenvalue weighted by molar-refractivity contribution is 7.14. The van der Waals surface area contributed by atoms with Gasteiger partial charge in [0.05, 0.1) is 16.4 Å². The van der Waals surface area contributed by atoms with Crippen molar-refractivity contribution in [2.75, 3.05) is 4.90 Å². The number of aromatic nitrogens is 1. The zero-order valence-corrected chi connectivity index (χ0v) is 16.4. The topological polar surface area (TPSA) is 50.3 Å². The molecule has 1 heterocycles. The summed E-state index contributed by atoms with van der Waals surface area (Å²) in [5.41, 5.74) is 0.406. The molecule has 0 radical (unpaired) electrons. The number of amides is 1. The molecule has 0 saturated carbocycles. The van der Waals surface area contributed by atoms with Crippen LogP contribution in [0.4, 0.5) is 24.0 Å². The molecule has 0 saturated heterocycles. The van der Waals surface area contributed by atoms with Gasteiger partial charge in [-0.2, -0.15) is 0 Å². The monoisotopic (exact) mass is 436 g/mol. The maximum Gasteiger partial charge on any atom is 0.230 e. The second-order valence-electron chi connectivity index (χ2n) is 5.83. The molecule has 3 rings (SSSR count). The maximum absolute atomic E-state index is 14.1. The van der Waals surface area contributed by atoms with Crippen LogP contribution in [0.25, 0.3) is 6.08 Å². The number of carbonyl (C=O) groups is 2. The molecule has 3 aromatic rings. The molecule has 1 aromatic heterocycles. The Morgan fingerprint density at radius 1 is 1.10 bits per heavy atom. The van der Waals surface area contributed by atoms with Gasteiger partial charge in [0.2, 0.25) is 5.91 Å².